The van der Waals surface area contributed by atoms with Crippen LogP contribution in [0.3, 0.4) is 0 Å². The van der Waals surface area contributed by atoms with E-state index in [1.807, 2.05) is 13.8 Å². The number of hydrogen-bond donors (Lipinski definition) is 0. The Hall–Kier alpha value is 7.05. The summed E-state index contributed by atoms with van der Waals surface area (Å²) >= 11 is 5.63. The summed E-state index contributed by atoms with van der Waals surface area (Å²) in [4.78, 5) is 0. The van der Waals surface area contributed by atoms with Crippen molar-refractivity contribution >= 4 is 38.5 Å². The summed E-state index contributed by atoms with van der Waals surface area (Å²) in [6.07, 6.45) is 0. The standard InChI is InChI=1S/C8H6BrI.6Y/c1-5-3-7(9)4-6(2)8(5)10;;;;;;/h1-2H3;;;;;;/q-2;;;;;;. The van der Waals surface area contributed by atoms with Gasteiger partial charge in [-0.3, -0.25) is 11.1 Å². The summed E-state index contributed by atoms with van der Waals surface area (Å²) in [5.74, 6) is 0. The van der Waals surface area contributed by atoms with Crippen LogP contribution in [0.5, 0.6) is 0 Å². The molecular formula is C8H6BrIY6-2. The summed E-state index contributed by atoms with van der Waals surface area (Å²) in [6.45, 7) is 4.10. The minimum absolute atomic E-state index is 0. The Balaban J connectivity index is -0.0000000417. The van der Waals surface area contributed by atoms with E-state index in [-0.39, 0.29) is 196 Å². The quantitative estimate of drug-likeness (QED) is 0.279. The largest absolute Gasteiger partial charge is 0.340 e. The summed E-state index contributed by atoms with van der Waals surface area (Å²) in [5, 5.41) is 0. The Bertz CT molecular complexity index is 248. The Morgan fingerprint density at radius 3 is 1.31 bits per heavy atom. The second-order valence-electron chi connectivity index (χ2n) is 2.13. The van der Waals surface area contributed by atoms with Gasteiger partial charge in [-0.05, 0) is 0 Å². The Kier molecular flexibility index (Phi) is 53.1. The summed E-state index contributed by atoms with van der Waals surface area (Å²) in [6, 6.07) is 6.27. The maximum absolute atomic E-state index is 3.33. The predicted molar refractivity (Wildman–Crippen MR) is 54.0 cm³/mol. The maximum atomic E-state index is 3.33. The molecule has 1 aromatic carbocycles. The third kappa shape index (κ3) is 15.9. The van der Waals surface area contributed by atoms with E-state index in [1.54, 1.807) is 0 Å². The molecule has 0 nitrogen and oxygen atoms in total. The predicted octanol–water partition coefficient (Wildman–Crippen LogP) is 3.26. The van der Waals surface area contributed by atoms with E-state index in [0.717, 1.165) is 4.47 Å². The van der Waals surface area contributed by atoms with Gasteiger partial charge in [-0.2, -0.15) is 0 Å². The van der Waals surface area contributed by atoms with Crippen LogP contribution in [0.4, 0.5) is 0 Å². The van der Waals surface area contributed by atoms with Crippen LogP contribution in [0.2, 0.25) is 0 Å². The van der Waals surface area contributed by atoms with Gasteiger partial charge in [0.05, 0.1) is 0 Å². The van der Waals surface area contributed by atoms with Crippen molar-refractivity contribution in [1.82, 2.24) is 0 Å². The van der Waals surface area contributed by atoms with Gasteiger partial charge in [-0.15, -0.1) is 15.9 Å². The van der Waals surface area contributed by atoms with Crippen LogP contribution in [0, 0.1) is 29.6 Å². The van der Waals surface area contributed by atoms with Crippen molar-refractivity contribution in [2.75, 3.05) is 0 Å². The molecule has 0 saturated heterocycles. The van der Waals surface area contributed by atoms with Crippen LogP contribution in [0.15, 0.2) is 4.47 Å². The molecule has 0 saturated carbocycles. The molecule has 0 aliphatic rings. The fourth-order valence-corrected chi connectivity index (χ4v) is 1.62. The van der Waals surface area contributed by atoms with Gasteiger partial charge >= 0.3 is 0 Å². The van der Waals surface area contributed by atoms with Gasteiger partial charge in [-0.1, -0.05) is 13.8 Å². The summed E-state index contributed by atoms with van der Waals surface area (Å²) < 4.78 is 2.17. The number of halogens is 2. The Morgan fingerprint density at radius 1 is 0.812 bits per heavy atom. The van der Waals surface area contributed by atoms with Crippen LogP contribution in [0.25, 0.3) is 0 Å². The van der Waals surface area contributed by atoms with Gasteiger partial charge in [0.1, 0.15) is 0 Å². The van der Waals surface area contributed by atoms with Crippen molar-refractivity contribution in [3.63, 3.8) is 0 Å². The molecule has 8 heteroatoms. The van der Waals surface area contributed by atoms with Crippen molar-refractivity contribution in [3.8, 4) is 0 Å². The Morgan fingerprint density at radius 2 is 1.06 bits per heavy atom. The van der Waals surface area contributed by atoms with Gasteiger partial charge < -0.3 is 12.1 Å². The van der Waals surface area contributed by atoms with Crippen molar-refractivity contribution < 1.29 is 196 Å². The van der Waals surface area contributed by atoms with Crippen molar-refractivity contribution in [1.29, 1.82) is 0 Å². The van der Waals surface area contributed by atoms with E-state index < -0.39 is 0 Å². The van der Waals surface area contributed by atoms with E-state index >= 15 is 0 Å². The van der Waals surface area contributed by atoms with Crippen LogP contribution in [0.1, 0.15) is 11.1 Å². The molecule has 16 heavy (non-hydrogen) atoms. The molecule has 0 bridgehead atoms. The van der Waals surface area contributed by atoms with Gasteiger partial charge in [0.15, 0.2) is 0 Å². The number of aryl methyl sites for hydroxylation is 2. The second kappa shape index (κ2) is 22.1. The average molecular weight is 842 g/mol. The van der Waals surface area contributed by atoms with Crippen LogP contribution in [-0.2, 0) is 196 Å². The molecule has 0 aromatic heterocycles. The van der Waals surface area contributed by atoms with Gasteiger partial charge in [0.25, 0.3) is 0 Å². The third-order valence-electron chi connectivity index (χ3n) is 1.25. The molecule has 0 amide bonds. The number of benzene rings is 1. The second-order valence-corrected chi connectivity index (χ2v) is 4.00. The summed E-state index contributed by atoms with van der Waals surface area (Å²) in [7, 11) is 0. The molecular weight excluding hydrogens is 836 g/mol. The third-order valence-corrected chi connectivity index (χ3v) is 3.27. The molecule has 1 rings (SSSR count). The average Bonchev–Trinajstić information content (AvgIpc) is 1.82. The van der Waals surface area contributed by atoms with Crippen LogP contribution < -0.4 is 0 Å². The minimum atomic E-state index is 0. The molecule has 0 fully saturated rings. The number of rotatable bonds is 0. The zero-order valence-corrected chi connectivity index (χ0v) is 30.0. The van der Waals surface area contributed by atoms with Crippen LogP contribution in [-0.4, -0.2) is 0 Å². The van der Waals surface area contributed by atoms with Crippen molar-refractivity contribution in [2.24, 2.45) is 0 Å². The Labute approximate surface area is 272 Å². The first-order valence-corrected chi connectivity index (χ1v) is 4.75. The fraction of sp³-hybridized carbons (Fsp3) is 0.250. The minimum Gasteiger partial charge on any atom is -0.340 e. The zero-order chi connectivity index (χ0) is 7.72. The first-order chi connectivity index (χ1) is 4.61. The zero-order valence-electron chi connectivity index (χ0n) is 9.22. The maximum Gasteiger partial charge on any atom is 0 e. The molecule has 1 aromatic rings. The molecule has 0 N–H and O–H groups in total. The van der Waals surface area contributed by atoms with Crippen molar-refractivity contribution in [2.45, 2.75) is 13.8 Å². The smallest absolute Gasteiger partial charge is 0 e. The summed E-state index contributed by atoms with van der Waals surface area (Å²) in [5.41, 5.74) is 2.37. The van der Waals surface area contributed by atoms with E-state index in [1.165, 1.54) is 14.7 Å². The van der Waals surface area contributed by atoms with E-state index in [0.29, 0.717) is 0 Å². The molecule has 72 valence electrons. The molecule has 0 aliphatic carbocycles. The van der Waals surface area contributed by atoms with E-state index in [2.05, 4.69) is 50.7 Å². The molecule has 0 unspecified atom stereocenters. The monoisotopic (exact) mass is 841 g/mol. The van der Waals surface area contributed by atoms with Gasteiger partial charge in [0, 0.05) is 196 Å². The molecule has 0 spiro atoms. The number of hydrogen-bond acceptors (Lipinski definition) is 0. The topological polar surface area (TPSA) is 0 Å². The molecule has 0 heterocycles. The first kappa shape index (κ1) is 38.6. The van der Waals surface area contributed by atoms with Crippen LogP contribution >= 0.6 is 38.5 Å². The molecule has 0 atom stereocenters. The fourth-order valence-electron chi connectivity index (χ4n) is 0.751. The van der Waals surface area contributed by atoms with E-state index in [4.69, 9.17) is 0 Å². The molecule has 0 aliphatic heterocycles. The van der Waals surface area contributed by atoms with Crippen molar-refractivity contribution in [3.05, 3.63) is 31.3 Å². The van der Waals surface area contributed by atoms with Gasteiger partial charge in [0.2, 0.25) is 0 Å². The SMILES string of the molecule is Cc1[c-]c(Br)[c-]c(C)c1I.[Y].[Y].[Y].[Y].[Y].[Y]. The molecule has 6 radical (unpaired) electrons. The van der Waals surface area contributed by atoms with E-state index in [9.17, 15) is 0 Å². The normalized spacial score (nSPS) is 6.25. The van der Waals surface area contributed by atoms with Gasteiger partial charge in [-0.25, -0.2) is 30.6 Å². The first-order valence-electron chi connectivity index (χ1n) is 2.88.